The summed E-state index contributed by atoms with van der Waals surface area (Å²) >= 11 is 0. The van der Waals surface area contributed by atoms with Crippen LogP contribution < -0.4 is 9.47 Å². The zero-order valence-corrected chi connectivity index (χ0v) is 12.7. The van der Waals surface area contributed by atoms with E-state index in [1.54, 1.807) is 24.3 Å². The van der Waals surface area contributed by atoms with Crippen LogP contribution >= 0.6 is 0 Å². The Bertz CT molecular complexity index is 595. The first-order chi connectivity index (χ1) is 10.1. The van der Waals surface area contributed by atoms with Crippen molar-refractivity contribution in [1.29, 1.82) is 0 Å². The number of hydrogen-bond donors (Lipinski definition) is 0. The summed E-state index contributed by atoms with van der Waals surface area (Å²) in [5.74, 6) is 1.52. The molecule has 0 amide bonds. The highest BCUT2D eigenvalue weighted by molar-refractivity contribution is 5.97. The van der Waals surface area contributed by atoms with Gasteiger partial charge in [-0.1, -0.05) is 18.2 Å². The molecule has 2 rings (SSSR count). The molecule has 0 saturated heterocycles. The van der Waals surface area contributed by atoms with Gasteiger partial charge >= 0.3 is 0 Å². The molecule has 110 valence electrons. The molecule has 0 spiro atoms. The van der Waals surface area contributed by atoms with Crippen LogP contribution in [-0.4, -0.2) is 19.0 Å². The summed E-state index contributed by atoms with van der Waals surface area (Å²) in [6.45, 7) is 6.54. The van der Waals surface area contributed by atoms with E-state index < -0.39 is 0 Å². The zero-order chi connectivity index (χ0) is 15.2. The Morgan fingerprint density at radius 2 is 1.57 bits per heavy atom. The first-order valence-corrected chi connectivity index (χ1v) is 7.07. The van der Waals surface area contributed by atoms with Gasteiger partial charge in [-0.3, -0.25) is 4.79 Å². The number of hydrogen-bond acceptors (Lipinski definition) is 3. The van der Waals surface area contributed by atoms with Gasteiger partial charge < -0.3 is 9.47 Å². The third-order valence-electron chi connectivity index (χ3n) is 3.24. The van der Waals surface area contributed by atoms with Crippen LogP contribution in [0.5, 0.6) is 11.5 Å². The fourth-order valence-corrected chi connectivity index (χ4v) is 2.15. The third-order valence-corrected chi connectivity index (χ3v) is 3.24. The standard InChI is InChI=1S/C18H20O3/c1-4-20-16-10-8-15(9-11-16)17(19)12-21-18-13(2)6-5-7-14(18)3/h5-11H,4,12H2,1-3H3. The molecule has 0 aliphatic rings. The summed E-state index contributed by atoms with van der Waals surface area (Å²) in [6, 6.07) is 13.1. The summed E-state index contributed by atoms with van der Waals surface area (Å²) in [7, 11) is 0. The quantitative estimate of drug-likeness (QED) is 0.753. The number of Topliss-reactive ketones (excluding diaryl/α,β-unsaturated/α-hetero) is 1. The lowest BCUT2D eigenvalue weighted by Crippen LogP contribution is -2.12. The van der Waals surface area contributed by atoms with Gasteiger partial charge in [0.1, 0.15) is 11.5 Å². The molecule has 3 heteroatoms. The SMILES string of the molecule is CCOc1ccc(C(=O)COc2c(C)cccc2C)cc1. The maximum absolute atomic E-state index is 12.1. The van der Waals surface area contributed by atoms with Gasteiger partial charge in [-0.25, -0.2) is 0 Å². The average molecular weight is 284 g/mol. The van der Waals surface area contributed by atoms with Crippen LogP contribution in [0.15, 0.2) is 42.5 Å². The Kier molecular flexibility index (Phi) is 4.99. The minimum atomic E-state index is -0.0410. The van der Waals surface area contributed by atoms with E-state index in [1.165, 1.54) is 0 Å². The molecule has 0 fully saturated rings. The second-order valence-electron chi connectivity index (χ2n) is 4.89. The molecule has 21 heavy (non-hydrogen) atoms. The number of rotatable bonds is 6. The van der Waals surface area contributed by atoms with E-state index in [9.17, 15) is 4.79 Å². The van der Waals surface area contributed by atoms with E-state index in [-0.39, 0.29) is 12.4 Å². The molecule has 0 radical (unpaired) electrons. The summed E-state index contributed by atoms with van der Waals surface area (Å²) in [6.07, 6.45) is 0. The Labute approximate surface area is 125 Å². The first kappa shape index (κ1) is 15.1. The highest BCUT2D eigenvalue weighted by Crippen LogP contribution is 2.22. The van der Waals surface area contributed by atoms with Crippen molar-refractivity contribution in [3.8, 4) is 11.5 Å². The van der Waals surface area contributed by atoms with Crippen molar-refractivity contribution in [2.45, 2.75) is 20.8 Å². The summed E-state index contributed by atoms with van der Waals surface area (Å²) < 4.78 is 11.0. The molecule has 0 aliphatic heterocycles. The zero-order valence-electron chi connectivity index (χ0n) is 12.7. The molecule has 0 heterocycles. The van der Waals surface area contributed by atoms with Crippen LogP contribution in [0.4, 0.5) is 0 Å². The van der Waals surface area contributed by atoms with E-state index in [0.29, 0.717) is 12.2 Å². The minimum Gasteiger partial charge on any atom is -0.494 e. The van der Waals surface area contributed by atoms with E-state index in [0.717, 1.165) is 22.6 Å². The number of ketones is 1. The normalized spacial score (nSPS) is 10.2. The van der Waals surface area contributed by atoms with Gasteiger partial charge in [0.15, 0.2) is 12.4 Å². The lowest BCUT2D eigenvalue weighted by atomic mass is 10.1. The number of ether oxygens (including phenoxy) is 2. The van der Waals surface area contributed by atoms with Crippen LogP contribution in [0.2, 0.25) is 0 Å². The number of carbonyl (C=O) groups excluding carboxylic acids is 1. The van der Waals surface area contributed by atoms with E-state index in [2.05, 4.69) is 0 Å². The van der Waals surface area contributed by atoms with Crippen LogP contribution in [0.1, 0.15) is 28.4 Å². The van der Waals surface area contributed by atoms with E-state index in [4.69, 9.17) is 9.47 Å². The Morgan fingerprint density at radius 1 is 0.952 bits per heavy atom. The molecule has 0 aliphatic carbocycles. The molecule has 0 bridgehead atoms. The van der Waals surface area contributed by atoms with Gasteiger partial charge in [0.25, 0.3) is 0 Å². The molecule has 2 aromatic rings. The van der Waals surface area contributed by atoms with Crippen molar-refractivity contribution in [3.63, 3.8) is 0 Å². The number of para-hydroxylation sites is 1. The van der Waals surface area contributed by atoms with Crippen LogP contribution in [-0.2, 0) is 0 Å². The van der Waals surface area contributed by atoms with Crippen LogP contribution in [0.3, 0.4) is 0 Å². The van der Waals surface area contributed by atoms with Gasteiger partial charge in [0.05, 0.1) is 6.61 Å². The summed E-state index contributed by atoms with van der Waals surface area (Å²) in [5.41, 5.74) is 2.70. The first-order valence-electron chi connectivity index (χ1n) is 7.07. The predicted octanol–water partition coefficient (Wildman–Crippen LogP) is 3.96. The van der Waals surface area contributed by atoms with Crippen molar-refractivity contribution in [2.24, 2.45) is 0 Å². The van der Waals surface area contributed by atoms with Gasteiger partial charge in [-0.2, -0.15) is 0 Å². The molecular formula is C18H20O3. The average Bonchev–Trinajstić information content (AvgIpc) is 2.47. The summed E-state index contributed by atoms with van der Waals surface area (Å²) in [4.78, 5) is 12.1. The lowest BCUT2D eigenvalue weighted by Gasteiger charge is -2.11. The lowest BCUT2D eigenvalue weighted by molar-refractivity contribution is 0.0920. The molecule has 2 aromatic carbocycles. The van der Waals surface area contributed by atoms with Gasteiger partial charge in [-0.15, -0.1) is 0 Å². The van der Waals surface area contributed by atoms with Crippen molar-refractivity contribution in [2.75, 3.05) is 13.2 Å². The van der Waals surface area contributed by atoms with Gasteiger partial charge in [0.2, 0.25) is 0 Å². The number of aryl methyl sites for hydroxylation is 2. The van der Waals surface area contributed by atoms with Crippen LogP contribution in [0, 0.1) is 13.8 Å². The number of carbonyl (C=O) groups is 1. The van der Waals surface area contributed by atoms with Crippen molar-refractivity contribution < 1.29 is 14.3 Å². The van der Waals surface area contributed by atoms with E-state index in [1.807, 2.05) is 39.0 Å². The monoisotopic (exact) mass is 284 g/mol. The van der Waals surface area contributed by atoms with Crippen molar-refractivity contribution in [1.82, 2.24) is 0 Å². The fourth-order valence-electron chi connectivity index (χ4n) is 2.15. The maximum atomic E-state index is 12.1. The molecule has 0 atom stereocenters. The Balaban J connectivity index is 2.01. The molecular weight excluding hydrogens is 264 g/mol. The molecule has 3 nitrogen and oxygen atoms in total. The maximum Gasteiger partial charge on any atom is 0.200 e. The minimum absolute atomic E-state index is 0.0410. The molecule has 0 saturated carbocycles. The van der Waals surface area contributed by atoms with Gasteiger partial charge in [-0.05, 0) is 56.2 Å². The summed E-state index contributed by atoms with van der Waals surface area (Å²) in [5, 5.41) is 0. The highest BCUT2D eigenvalue weighted by Gasteiger charge is 2.09. The largest absolute Gasteiger partial charge is 0.494 e. The fraction of sp³-hybridized carbons (Fsp3) is 0.278. The second kappa shape index (κ2) is 6.93. The second-order valence-corrected chi connectivity index (χ2v) is 4.89. The highest BCUT2D eigenvalue weighted by atomic mass is 16.5. The molecule has 0 unspecified atom stereocenters. The van der Waals surface area contributed by atoms with Crippen LogP contribution in [0.25, 0.3) is 0 Å². The topological polar surface area (TPSA) is 35.5 Å². The Morgan fingerprint density at radius 3 is 2.14 bits per heavy atom. The van der Waals surface area contributed by atoms with E-state index >= 15 is 0 Å². The van der Waals surface area contributed by atoms with Crippen molar-refractivity contribution in [3.05, 3.63) is 59.2 Å². The molecule has 0 aromatic heterocycles. The Hall–Kier alpha value is -2.29. The third kappa shape index (κ3) is 3.85. The van der Waals surface area contributed by atoms with Crippen molar-refractivity contribution >= 4 is 5.78 Å². The predicted molar refractivity (Wildman–Crippen MR) is 83.4 cm³/mol. The number of benzene rings is 2. The van der Waals surface area contributed by atoms with Gasteiger partial charge in [0, 0.05) is 5.56 Å². The molecule has 0 N–H and O–H groups in total. The smallest absolute Gasteiger partial charge is 0.200 e.